The largest absolute Gasteiger partial charge is 0.461 e. The van der Waals surface area contributed by atoms with E-state index in [1.165, 1.54) is 18.2 Å². The van der Waals surface area contributed by atoms with Crippen molar-refractivity contribution in [3.05, 3.63) is 30.0 Å². The number of benzene rings is 1. The van der Waals surface area contributed by atoms with E-state index in [0.29, 0.717) is 5.92 Å². The van der Waals surface area contributed by atoms with Crippen LogP contribution in [-0.4, -0.2) is 7.05 Å². The average Bonchev–Trinajstić information content (AvgIpc) is 2.97. The van der Waals surface area contributed by atoms with Gasteiger partial charge in [0.25, 0.3) is 0 Å². The van der Waals surface area contributed by atoms with Crippen LogP contribution in [0.1, 0.15) is 24.5 Å². The number of rotatable bonds is 2. The average molecular weight is 187 g/mol. The summed E-state index contributed by atoms with van der Waals surface area (Å²) in [6.07, 6.45) is 2.58. The zero-order chi connectivity index (χ0) is 9.54. The molecule has 72 valence electrons. The van der Waals surface area contributed by atoms with Crippen molar-refractivity contribution in [2.24, 2.45) is 0 Å². The van der Waals surface area contributed by atoms with Crippen LogP contribution < -0.4 is 5.32 Å². The molecular formula is C12H13NO. The lowest BCUT2D eigenvalue weighted by molar-refractivity contribution is 0.552. The molecule has 0 saturated heterocycles. The third-order valence-corrected chi connectivity index (χ3v) is 2.80. The lowest BCUT2D eigenvalue weighted by Crippen LogP contribution is -1.85. The number of nitrogens with one attached hydrogen (secondary N) is 1. The lowest BCUT2D eigenvalue weighted by atomic mass is 10.2. The molecule has 2 aromatic rings. The van der Waals surface area contributed by atoms with E-state index in [1.807, 2.05) is 19.2 Å². The second-order valence-electron chi connectivity index (χ2n) is 3.93. The van der Waals surface area contributed by atoms with Gasteiger partial charge in [-0.25, -0.2) is 0 Å². The molecule has 0 atom stereocenters. The second-order valence-corrected chi connectivity index (χ2v) is 3.93. The third kappa shape index (κ3) is 1.18. The van der Waals surface area contributed by atoms with E-state index >= 15 is 0 Å². The summed E-state index contributed by atoms with van der Waals surface area (Å²) in [6.45, 7) is 0. The summed E-state index contributed by atoms with van der Waals surface area (Å²) in [5.41, 5.74) is 2.14. The molecule has 1 aliphatic rings. The van der Waals surface area contributed by atoms with Crippen LogP contribution in [0, 0.1) is 0 Å². The van der Waals surface area contributed by atoms with Gasteiger partial charge >= 0.3 is 0 Å². The van der Waals surface area contributed by atoms with Crippen molar-refractivity contribution in [1.29, 1.82) is 0 Å². The molecule has 1 aromatic carbocycles. The maximum absolute atomic E-state index is 5.76. The molecule has 14 heavy (non-hydrogen) atoms. The Balaban J connectivity index is 2.12. The van der Waals surface area contributed by atoms with Gasteiger partial charge in [0, 0.05) is 24.0 Å². The smallest absolute Gasteiger partial charge is 0.134 e. The third-order valence-electron chi connectivity index (χ3n) is 2.80. The summed E-state index contributed by atoms with van der Waals surface area (Å²) in [5, 5.41) is 4.34. The van der Waals surface area contributed by atoms with Gasteiger partial charge in [0.2, 0.25) is 0 Å². The van der Waals surface area contributed by atoms with Gasteiger partial charge in [0.05, 0.1) is 0 Å². The quantitative estimate of drug-likeness (QED) is 0.779. The Morgan fingerprint density at radius 3 is 2.86 bits per heavy atom. The molecule has 0 bridgehead atoms. The summed E-state index contributed by atoms with van der Waals surface area (Å²) in [5.74, 6) is 1.86. The van der Waals surface area contributed by atoms with Gasteiger partial charge in [-0.05, 0) is 37.1 Å². The van der Waals surface area contributed by atoms with Crippen molar-refractivity contribution >= 4 is 16.7 Å². The van der Waals surface area contributed by atoms with Gasteiger partial charge in [0.15, 0.2) is 0 Å². The molecule has 1 saturated carbocycles. The van der Waals surface area contributed by atoms with Crippen molar-refractivity contribution < 1.29 is 4.42 Å². The maximum atomic E-state index is 5.76. The van der Waals surface area contributed by atoms with E-state index in [2.05, 4.69) is 17.4 Å². The predicted molar refractivity (Wildman–Crippen MR) is 57.7 cm³/mol. The number of fused-ring (bicyclic) bond motifs is 1. The molecule has 0 spiro atoms. The Morgan fingerprint density at radius 1 is 1.29 bits per heavy atom. The molecule has 1 aliphatic carbocycles. The minimum Gasteiger partial charge on any atom is -0.461 e. The minimum atomic E-state index is 0.695. The summed E-state index contributed by atoms with van der Waals surface area (Å²) >= 11 is 0. The van der Waals surface area contributed by atoms with Crippen molar-refractivity contribution in [3.63, 3.8) is 0 Å². The molecule has 0 amide bonds. The molecule has 1 aromatic heterocycles. The first-order chi connectivity index (χ1) is 6.86. The first kappa shape index (κ1) is 7.92. The maximum Gasteiger partial charge on any atom is 0.134 e. The summed E-state index contributed by atoms with van der Waals surface area (Å²) in [7, 11) is 1.93. The van der Waals surface area contributed by atoms with E-state index in [4.69, 9.17) is 4.42 Å². The van der Waals surface area contributed by atoms with Gasteiger partial charge in [0.1, 0.15) is 11.3 Å². The number of furan rings is 1. The Kier molecular flexibility index (Phi) is 1.57. The van der Waals surface area contributed by atoms with Crippen LogP contribution in [-0.2, 0) is 0 Å². The van der Waals surface area contributed by atoms with Crippen molar-refractivity contribution in [1.82, 2.24) is 0 Å². The van der Waals surface area contributed by atoms with Crippen LogP contribution in [0.3, 0.4) is 0 Å². The highest BCUT2D eigenvalue weighted by molar-refractivity contribution is 5.82. The van der Waals surface area contributed by atoms with Crippen LogP contribution in [0.15, 0.2) is 28.7 Å². The fourth-order valence-corrected chi connectivity index (χ4v) is 1.79. The van der Waals surface area contributed by atoms with Crippen LogP contribution in [0.25, 0.3) is 11.0 Å². The molecule has 1 heterocycles. The number of hydrogen-bond acceptors (Lipinski definition) is 2. The Labute approximate surface area is 82.9 Å². The molecule has 3 rings (SSSR count). The molecule has 2 heteroatoms. The minimum absolute atomic E-state index is 0.695. The second kappa shape index (κ2) is 2.77. The summed E-state index contributed by atoms with van der Waals surface area (Å²) in [4.78, 5) is 0. The molecule has 1 N–H and O–H groups in total. The summed E-state index contributed by atoms with van der Waals surface area (Å²) < 4.78 is 5.76. The van der Waals surface area contributed by atoms with Crippen molar-refractivity contribution in [2.45, 2.75) is 18.8 Å². The molecular weight excluding hydrogens is 174 g/mol. The van der Waals surface area contributed by atoms with E-state index in [0.717, 1.165) is 17.0 Å². The predicted octanol–water partition coefficient (Wildman–Crippen LogP) is 3.35. The van der Waals surface area contributed by atoms with Crippen molar-refractivity contribution in [3.8, 4) is 0 Å². The van der Waals surface area contributed by atoms with Crippen LogP contribution in [0.2, 0.25) is 0 Å². The van der Waals surface area contributed by atoms with Gasteiger partial charge in [-0.2, -0.15) is 0 Å². The Bertz CT molecular complexity index is 468. The number of hydrogen-bond donors (Lipinski definition) is 1. The lowest BCUT2D eigenvalue weighted by Gasteiger charge is -1.97. The monoisotopic (exact) mass is 187 g/mol. The van der Waals surface area contributed by atoms with E-state index in [1.54, 1.807) is 0 Å². The number of anilines is 1. The highest BCUT2D eigenvalue weighted by atomic mass is 16.3. The zero-order valence-electron chi connectivity index (χ0n) is 8.21. The van der Waals surface area contributed by atoms with Crippen LogP contribution >= 0.6 is 0 Å². The van der Waals surface area contributed by atoms with E-state index < -0.39 is 0 Å². The fraction of sp³-hybridized carbons (Fsp3) is 0.333. The standard InChI is InChI=1S/C12H13NO/c1-13-10-4-5-11-9(6-10)7-12(14-11)8-2-3-8/h4-8,13H,2-3H2,1H3. The van der Waals surface area contributed by atoms with E-state index in [-0.39, 0.29) is 0 Å². The Hall–Kier alpha value is -1.44. The van der Waals surface area contributed by atoms with Gasteiger partial charge in [-0.15, -0.1) is 0 Å². The van der Waals surface area contributed by atoms with Crippen LogP contribution in [0.4, 0.5) is 5.69 Å². The molecule has 0 aliphatic heterocycles. The topological polar surface area (TPSA) is 25.2 Å². The summed E-state index contributed by atoms with van der Waals surface area (Å²) in [6, 6.07) is 8.38. The molecule has 0 radical (unpaired) electrons. The highest BCUT2D eigenvalue weighted by Gasteiger charge is 2.27. The Morgan fingerprint density at radius 2 is 2.14 bits per heavy atom. The normalized spacial score (nSPS) is 16.1. The zero-order valence-corrected chi connectivity index (χ0v) is 8.21. The van der Waals surface area contributed by atoms with Crippen molar-refractivity contribution in [2.75, 3.05) is 12.4 Å². The fourth-order valence-electron chi connectivity index (χ4n) is 1.79. The van der Waals surface area contributed by atoms with Gasteiger partial charge < -0.3 is 9.73 Å². The van der Waals surface area contributed by atoms with Gasteiger partial charge in [-0.1, -0.05) is 0 Å². The van der Waals surface area contributed by atoms with E-state index in [9.17, 15) is 0 Å². The van der Waals surface area contributed by atoms with Gasteiger partial charge in [-0.3, -0.25) is 0 Å². The van der Waals surface area contributed by atoms with Crippen LogP contribution in [0.5, 0.6) is 0 Å². The highest BCUT2D eigenvalue weighted by Crippen LogP contribution is 2.42. The molecule has 1 fully saturated rings. The SMILES string of the molecule is CNc1ccc2oc(C3CC3)cc2c1. The molecule has 0 unspecified atom stereocenters. The first-order valence-corrected chi connectivity index (χ1v) is 5.08. The first-order valence-electron chi connectivity index (χ1n) is 5.08. The molecule has 2 nitrogen and oxygen atoms in total.